The van der Waals surface area contributed by atoms with E-state index in [-0.39, 0.29) is 35.1 Å². The number of aromatic amines is 1. The summed E-state index contributed by atoms with van der Waals surface area (Å²) in [5, 5.41) is 4.44. The standard InChI is InChI=1S/C31H46N4O2/c1-7-20(3)29(36)33-28(31(4,5)6)30(37)34-15-14-26-27(34)24(18-35(26)21-10-8-9-11-21)23-17-32-25-16-19(2)12-13-22(23)25/h12-13,16-17,20-21,24,26-28,32H,7-11,14-15,18H2,1-6H3,(H,33,36)/t20-,24-,26-,27-,28-/m1/s1. The molecule has 5 rings (SSSR count). The first-order valence-electron chi connectivity index (χ1n) is 14.5. The lowest BCUT2D eigenvalue weighted by Crippen LogP contribution is -2.57. The molecule has 0 unspecified atom stereocenters. The molecule has 1 saturated carbocycles. The normalized spacial score (nSPS) is 26.5. The number of aromatic nitrogens is 1. The Kier molecular flexibility index (Phi) is 7.16. The fraction of sp³-hybridized carbons (Fsp3) is 0.677. The second kappa shape index (κ2) is 10.1. The molecule has 202 valence electrons. The van der Waals surface area contributed by atoms with E-state index in [0.717, 1.165) is 25.9 Å². The summed E-state index contributed by atoms with van der Waals surface area (Å²) in [6.45, 7) is 14.1. The van der Waals surface area contributed by atoms with Gasteiger partial charge in [-0.1, -0.05) is 59.6 Å². The molecule has 1 aromatic carbocycles. The van der Waals surface area contributed by atoms with Crippen molar-refractivity contribution in [3.05, 3.63) is 35.5 Å². The first kappa shape index (κ1) is 26.3. The molecular weight excluding hydrogens is 460 g/mol. The minimum absolute atomic E-state index is 0.0194. The summed E-state index contributed by atoms with van der Waals surface area (Å²) in [5.41, 5.74) is 3.40. The fourth-order valence-corrected chi connectivity index (χ4v) is 7.17. The number of carbonyl (C=O) groups excluding carboxylic acids is 2. The molecule has 6 nitrogen and oxygen atoms in total. The van der Waals surface area contributed by atoms with Gasteiger partial charge in [-0.3, -0.25) is 14.5 Å². The van der Waals surface area contributed by atoms with Crippen LogP contribution in [0.15, 0.2) is 24.4 Å². The van der Waals surface area contributed by atoms with Gasteiger partial charge in [-0.2, -0.15) is 0 Å². The Morgan fingerprint density at radius 3 is 2.57 bits per heavy atom. The van der Waals surface area contributed by atoms with E-state index in [4.69, 9.17) is 0 Å². The molecule has 3 fully saturated rings. The summed E-state index contributed by atoms with van der Waals surface area (Å²) in [6.07, 6.45) is 9.14. The summed E-state index contributed by atoms with van der Waals surface area (Å²) in [5.74, 6) is 0.231. The summed E-state index contributed by atoms with van der Waals surface area (Å²) in [6, 6.07) is 7.28. The number of hydrogen-bond acceptors (Lipinski definition) is 3. The average molecular weight is 507 g/mol. The molecule has 1 aromatic heterocycles. The highest BCUT2D eigenvalue weighted by Crippen LogP contribution is 2.46. The first-order valence-corrected chi connectivity index (χ1v) is 14.5. The minimum Gasteiger partial charge on any atom is -0.361 e. The SMILES string of the molecule is CC[C@@H](C)C(=O)N[C@H](C(=O)N1CC[C@@H]2[C@H]1[C@@H](c1c[nH]c3cc(C)ccc13)CN2C1CCCC1)C(C)(C)C. The van der Waals surface area contributed by atoms with Crippen LogP contribution in [0.2, 0.25) is 0 Å². The topological polar surface area (TPSA) is 68.4 Å². The molecule has 37 heavy (non-hydrogen) atoms. The van der Waals surface area contributed by atoms with Crippen LogP contribution < -0.4 is 5.32 Å². The van der Waals surface area contributed by atoms with Crippen molar-refractivity contribution in [2.45, 2.75) is 110 Å². The van der Waals surface area contributed by atoms with Gasteiger partial charge in [-0.05, 0) is 55.2 Å². The van der Waals surface area contributed by atoms with Crippen LogP contribution in [0.4, 0.5) is 0 Å². The van der Waals surface area contributed by atoms with E-state index >= 15 is 0 Å². The third-order valence-corrected chi connectivity index (χ3v) is 9.47. The maximum absolute atomic E-state index is 14.3. The van der Waals surface area contributed by atoms with Crippen LogP contribution in [-0.4, -0.2) is 63.9 Å². The molecular formula is C31H46N4O2. The second-order valence-electron chi connectivity index (χ2n) is 13.0. The van der Waals surface area contributed by atoms with Crippen molar-refractivity contribution in [3.63, 3.8) is 0 Å². The van der Waals surface area contributed by atoms with Crippen LogP contribution in [0.25, 0.3) is 10.9 Å². The highest BCUT2D eigenvalue weighted by molar-refractivity contribution is 5.90. The number of H-pyrrole nitrogens is 1. The third-order valence-electron chi connectivity index (χ3n) is 9.47. The Morgan fingerprint density at radius 1 is 1.16 bits per heavy atom. The number of hydrogen-bond donors (Lipinski definition) is 2. The van der Waals surface area contributed by atoms with Crippen molar-refractivity contribution < 1.29 is 9.59 Å². The number of nitrogens with one attached hydrogen (secondary N) is 2. The highest BCUT2D eigenvalue weighted by atomic mass is 16.2. The molecule has 3 aliphatic rings. The quantitative estimate of drug-likeness (QED) is 0.554. The van der Waals surface area contributed by atoms with Gasteiger partial charge in [0.2, 0.25) is 11.8 Å². The predicted molar refractivity (Wildman–Crippen MR) is 149 cm³/mol. The minimum atomic E-state index is -0.528. The van der Waals surface area contributed by atoms with Gasteiger partial charge < -0.3 is 15.2 Å². The van der Waals surface area contributed by atoms with E-state index in [0.29, 0.717) is 12.1 Å². The zero-order valence-corrected chi connectivity index (χ0v) is 23.6. The van der Waals surface area contributed by atoms with Crippen LogP contribution in [-0.2, 0) is 9.59 Å². The van der Waals surface area contributed by atoms with Gasteiger partial charge >= 0.3 is 0 Å². The summed E-state index contributed by atoms with van der Waals surface area (Å²) in [7, 11) is 0. The Labute approximate surface area is 222 Å². The zero-order valence-electron chi connectivity index (χ0n) is 23.6. The maximum atomic E-state index is 14.3. The van der Waals surface area contributed by atoms with Gasteiger partial charge in [0.25, 0.3) is 0 Å². The molecule has 2 aromatic rings. The van der Waals surface area contributed by atoms with Gasteiger partial charge in [-0.15, -0.1) is 0 Å². The molecule has 5 atom stereocenters. The number of benzene rings is 1. The van der Waals surface area contributed by atoms with E-state index < -0.39 is 6.04 Å². The number of likely N-dealkylation sites (tertiary alicyclic amines) is 2. The second-order valence-corrected chi connectivity index (χ2v) is 13.0. The molecule has 2 aliphatic heterocycles. The highest BCUT2D eigenvalue weighted by Gasteiger charge is 2.54. The monoisotopic (exact) mass is 506 g/mol. The predicted octanol–water partition coefficient (Wildman–Crippen LogP) is 5.36. The molecule has 2 saturated heterocycles. The van der Waals surface area contributed by atoms with Gasteiger partial charge in [0.1, 0.15) is 6.04 Å². The van der Waals surface area contributed by atoms with Crippen molar-refractivity contribution in [2.24, 2.45) is 11.3 Å². The van der Waals surface area contributed by atoms with Crippen LogP contribution in [0, 0.1) is 18.3 Å². The Bertz CT molecular complexity index is 1140. The number of fused-ring (bicyclic) bond motifs is 2. The number of nitrogens with zero attached hydrogens (tertiary/aromatic N) is 2. The van der Waals surface area contributed by atoms with Gasteiger partial charge in [-0.25, -0.2) is 0 Å². The molecule has 3 heterocycles. The number of aryl methyl sites for hydroxylation is 1. The van der Waals surface area contributed by atoms with Gasteiger partial charge in [0.15, 0.2) is 0 Å². The molecule has 1 aliphatic carbocycles. The van der Waals surface area contributed by atoms with E-state index in [2.05, 4.69) is 72.2 Å². The molecule has 0 radical (unpaired) electrons. The number of carbonyl (C=O) groups is 2. The average Bonchev–Trinajstić information content (AvgIpc) is 3.64. The van der Waals surface area contributed by atoms with E-state index in [1.165, 1.54) is 47.7 Å². The Hall–Kier alpha value is -2.34. The molecule has 6 heteroatoms. The Morgan fingerprint density at radius 2 is 1.89 bits per heavy atom. The van der Waals surface area contributed by atoms with Crippen molar-refractivity contribution in [3.8, 4) is 0 Å². The van der Waals surface area contributed by atoms with E-state index in [1.54, 1.807) is 0 Å². The van der Waals surface area contributed by atoms with Crippen molar-refractivity contribution >= 4 is 22.7 Å². The zero-order chi connectivity index (χ0) is 26.5. The van der Waals surface area contributed by atoms with Gasteiger partial charge in [0, 0.05) is 54.1 Å². The molecule has 0 spiro atoms. The molecule has 2 N–H and O–H groups in total. The van der Waals surface area contributed by atoms with Crippen molar-refractivity contribution in [1.29, 1.82) is 0 Å². The number of amides is 2. The smallest absolute Gasteiger partial charge is 0.246 e. The van der Waals surface area contributed by atoms with Gasteiger partial charge in [0.05, 0.1) is 6.04 Å². The summed E-state index contributed by atoms with van der Waals surface area (Å²) in [4.78, 5) is 35.7. The Balaban J connectivity index is 1.50. The lowest BCUT2D eigenvalue weighted by atomic mass is 9.84. The van der Waals surface area contributed by atoms with Crippen molar-refractivity contribution in [2.75, 3.05) is 13.1 Å². The molecule has 2 amide bonds. The lowest BCUT2D eigenvalue weighted by molar-refractivity contribution is -0.141. The molecule has 0 bridgehead atoms. The van der Waals surface area contributed by atoms with Crippen LogP contribution in [0.1, 0.15) is 90.2 Å². The first-order chi connectivity index (χ1) is 17.6. The summed E-state index contributed by atoms with van der Waals surface area (Å²) >= 11 is 0. The van der Waals surface area contributed by atoms with E-state index in [1.807, 2.05) is 13.8 Å². The fourth-order valence-electron chi connectivity index (χ4n) is 7.17. The third kappa shape index (κ3) is 4.82. The van der Waals surface area contributed by atoms with Crippen LogP contribution in [0.5, 0.6) is 0 Å². The van der Waals surface area contributed by atoms with E-state index in [9.17, 15) is 9.59 Å². The largest absolute Gasteiger partial charge is 0.361 e. The van der Waals surface area contributed by atoms with Crippen LogP contribution in [0.3, 0.4) is 0 Å². The lowest BCUT2D eigenvalue weighted by Gasteiger charge is -2.37. The maximum Gasteiger partial charge on any atom is 0.246 e. The summed E-state index contributed by atoms with van der Waals surface area (Å²) < 4.78 is 0. The van der Waals surface area contributed by atoms with Crippen LogP contribution >= 0.6 is 0 Å². The number of rotatable bonds is 6. The van der Waals surface area contributed by atoms with Crippen molar-refractivity contribution in [1.82, 2.24) is 20.1 Å².